The topological polar surface area (TPSA) is 75.1 Å². The highest BCUT2D eigenvalue weighted by Gasteiger charge is 2.12. The lowest BCUT2D eigenvalue weighted by atomic mass is 10.0. The van der Waals surface area contributed by atoms with Gasteiger partial charge in [0.05, 0.1) is 0 Å². The van der Waals surface area contributed by atoms with Gasteiger partial charge < -0.3 is 5.11 Å². The molecule has 1 heterocycles. The van der Waals surface area contributed by atoms with Crippen molar-refractivity contribution in [2.75, 3.05) is 11.9 Å². The Morgan fingerprint density at radius 3 is 3.05 bits per heavy atom. The normalized spacial score (nSPS) is 9.58. The van der Waals surface area contributed by atoms with Crippen LogP contribution in [0.2, 0.25) is 0 Å². The Balaban J connectivity index is 2.27. The number of anilines is 1. The van der Waals surface area contributed by atoms with E-state index >= 15 is 0 Å². The number of aliphatic hydroxyl groups is 1. The number of aliphatic hydroxyl groups excluding tert-OH is 1. The maximum absolute atomic E-state index is 12.1. The van der Waals surface area contributed by atoms with E-state index in [1.165, 1.54) is 11.3 Å². The molecule has 1 aromatic carbocycles. The second kappa shape index (κ2) is 6.09. The van der Waals surface area contributed by atoms with Gasteiger partial charge in [0, 0.05) is 11.1 Å². The van der Waals surface area contributed by atoms with Gasteiger partial charge in [-0.3, -0.25) is 10.1 Å². The summed E-state index contributed by atoms with van der Waals surface area (Å²) in [5, 5.41) is 19.2. The molecular formula is C13H11N3O2S. The fourth-order valence-electron chi connectivity index (χ4n) is 1.54. The third-order valence-corrected chi connectivity index (χ3v) is 3.07. The maximum Gasteiger partial charge on any atom is 0.257 e. The summed E-state index contributed by atoms with van der Waals surface area (Å²) in [6.07, 6.45) is 0. The van der Waals surface area contributed by atoms with Gasteiger partial charge in [0.15, 0.2) is 0 Å². The first-order valence-electron chi connectivity index (χ1n) is 5.49. The highest BCUT2D eigenvalue weighted by atomic mass is 32.1. The summed E-state index contributed by atoms with van der Waals surface area (Å²) >= 11 is 1.25. The van der Waals surface area contributed by atoms with Crippen molar-refractivity contribution in [2.45, 2.75) is 6.92 Å². The van der Waals surface area contributed by atoms with Crippen molar-refractivity contribution >= 4 is 22.4 Å². The number of rotatable bonds is 2. The van der Waals surface area contributed by atoms with Crippen molar-refractivity contribution < 1.29 is 9.90 Å². The van der Waals surface area contributed by atoms with E-state index in [1.807, 2.05) is 6.92 Å². The molecule has 0 aliphatic heterocycles. The standard InChI is InChI=1S/C13H11N3O2S/c1-9-10(5-3-7-17)4-2-6-11(9)12(18)15-13-16-14-8-19-13/h2,4,6,8,17H,7H2,1H3,(H,15,16,18). The number of carbonyl (C=O) groups excluding carboxylic acids is 1. The fourth-order valence-corrected chi connectivity index (χ4v) is 1.98. The van der Waals surface area contributed by atoms with Gasteiger partial charge >= 0.3 is 0 Å². The third kappa shape index (κ3) is 3.16. The molecule has 0 atom stereocenters. The van der Waals surface area contributed by atoms with Gasteiger partial charge in [0.2, 0.25) is 5.13 Å². The minimum atomic E-state index is -0.248. The number of carbonyl (C=O) groups is 1. The van der Waals surface area contributed by atoms with Gasteiger partial charge in [-0.15, -0.1) is 10.2 Å². The summed E-state index contributed by atoms with van der Waals surface area (Å²) in [7, 11) is 0. The Bertz CT molecular complexity index is 642. The van der Waals surface area contributed by atoms with E-state index < -0.39 is 0 Å². The molecule has 0 saturated heterocycles. The third-order valence-electron chi connectivity index (χ3n) is 2.46. The zero-order valence-electron chi connectivity index (χ0n) is 10.2. The molecule has 0 saturated carbocycles. The molecule has 19 heavy (non-hydrogen) atoms. The highest BCUT2D eigenvalue weighted by Crippen LogP contribution is 2.16. The van der Waals surface area contributed by atoms with Crippen molar-refractivity contribution in [3.05, 3.63) is 40.4 Å². The molecule has 2 aromatic rings. The summed E-state index contributed by atoms with van der Waals surface area (Å²) in [6, 6.07) is 5.28. The molecule has 0 unspecified atom stereocenters. The fraction of sp³-hybridized carbons (Fsp3) is 0.154. The average Bonchev–Trinajstić information content (AvgIpc) is 2.90. The predicted molar refractivity (Wildman–Crippen MR) is 73.0 cm³/mol. The van der Waals surface area contributed by atoms with Crippen LogP contribution >= 0.6 is 11.3 Å². The van der Waals surface area contributed by atoms with Crippen molar-refractivity contribution in [3.8, 4) is 11.8 Å². The largest absolute Gasteiger partial charge is 0.384 e. The monoisotopic (exact) mass is 273 g/mol. The van der Waals surface area contributed by atoms with Crippen molar-refractivity contribution in [2.24, 2.45) is 0 Å². The van der Waals surface area contributed by atoms with Crippen LogP contribution in [-0.4, -0.2) is 27.8 Å². The molecule has 2 rings (SSSR count). The Labute approximate surface area is 114 Å². The maximum atomic E-state index is 12.1. The summed E-state index contributed by atoms with van der Waals surface area (Å²) in [5.74, 6) is 5.13. The number of nitrogens with one attached hydrogen (secondary N) is 1. The first kappa shape index (κ1) is 13.2. The van der Waals surface area contributed by atoms with Crippen molar-refractivity contribution in [3.63, 3.8) is 0 Å². The van der Waals surface area contributed by atoms with Crippen LogP contribution in [0.4, 0.5) is 5.13 Å². The van der Waals surface area contributed by atoms with E-state index in [0.29, 0.717) is 10.7 Å². The zero-order valence-corrected chi connectivity index (χ0v) is 11.0. The van der Waals surface area contributed by atoms with Gasteiger partial charge in [-0.25, -0.2) is 0 Å². The van der Waals surface area contributed by atoms with Gasteiger partial charge in [0.25, 0.3) is 5.91 Å². The molecule has 1 amide bonds. The first-order chi connectivity index (χ1) is 9.22. The van der Waals surface area contributed by atoms with E-state index in [1.54, 1.807) is 23.7 Å². The summed E-state index contributed by atoms with van der Waals surface area (Å²) in [4.78, 5) is 12.1. The van der Waals surface area contributed by atoms with Gasteiger partial charge in [-0.2, -0.15) is 0 Å². The van der Waals surface area contributed by atoms with E-state index in [9.17, 15) is 4.79 Å². The molecule has 0 radical (unpaired) electrons. The Hall–Kier alpha value is -2.23. The minimum Gasteiger partial charge on any atom is -0.384 e. The van der Waals surface area contributed by atoms with Crippen LogP contribution in [0, 0.1) is 18.8 Å². The number of hydrogen-bond donors (Lipinski definition) is 2. The molecule has 96 valence electrons. The number of hydrogen-bond acceptors (Lipinski definition) is 5. The van der Waals surface area contributed by atoms with E-state index in [-0.39, 0.29) is 12.5 Å². The number of amides is 1. The van der Waals surface area contributed by atoms with E-state index in [2.05, 4.69) is 27.4 Å². The lowest BCUT2D eigenvalue weighted by Gasteiger charge is -2.06. The van der Waals surface area contributed by atoms with E-state index in [0.717, 1.165) is 11.1 Å². The van der Waals surface area contributed by atoms with Crippen LogP contribution in [0.5, 0.6) is 0 Å². The summed E-state index contributed by atoms with van der Waals surface area (Å²) < 4.78 is 0. The van der Waals surface area contributed by atoms with Crippen LogP contribution in [0.3, 0.4) is 0 Å². The summed E-state index contributed by atoms with van der Waals surface area (Å²) in [6.45, 7) is 1.61. The van der Waals surface area contributed by atoms with Gasteiger partial charge in [0.1, 0.15) is 12.1 Å². The lowest BCUT2D eigenvalue weighted by Crippen LogP contribution is -2.13. The molecule has 0 spiro atoms. The average molecular weight is 273 g/mol. The van der Waals surface area contributed by atoms with Crippen LogP contribution < -0.4 is 5.32 Å². The van der Waals surface area contributed by atoms with Crippen molar-refractivity contribution in [1.82, 2.24) is 10.2 Å². The highest BCUT2D eigenvalue weighted by molar-refractivity contribution is 7.13. The zero-order chi connectivity index (χ0) is 13.7. The van der Waals surface area contributed by atoms with Crippen LogP contribution in [-0.2, 0) is 0 Å². The summed E-state index contributed by atoms with van der Waals surface area (Å²) in [5.41, 5.74) is 3.57. The van der Waals surface area contributed by atoms with Crippen LogP contribution in [0.15, 0.2) is 23.7 Å². The molecule has 5 nitrogen and oxygen atoms in total. The number of aromatic nitrogens is 2. The first-order valence-corrected chi connectivity index (χ1v) is 6.37. The second-order valence-electron chi connectivity index (χ2n) is 3.64. The van der Waals surface area contributed by atoms with E-state index in [4.69, 9.17) is 5.11 Å². The SMILES string of the molecule is Cc1c(C#CCO)cccc1C(=O)Nc1nncs1. The molecule has 2 N–H and O–H groups in total. The Kier molecular flexibility index (Phi) is 4.23. The van der Waals surface area contributed by atoms with Crippen molar-refractivity contribution in [1.29, 1.82) is 0 Å². The quantitative estimate of drug-likeness (QED) is 0.812. The predicted octanol–water partition coefficient (Wildman–Crippen LogP) is 1.44. The lowest BCUT2D eigenvalue weighted by molar-refractivity contribution is 0.102. The second-order valence-corrected chi connectivity index (χ2v) is 4.47. The smallest absolute Gasteiger partial charge is 0.257 e. The molecule has 0 fully saturated rings. The Morgan fingerprint density at radius 1 is 1.53 bits per heavy atom. The van der Waals surface area contributed by atoms with Crippen LogP contribution in [0.1, 0.15) is 21.5 Å². The van der Waals surface area contributed by atoms with Gasteiger partial charge in [-0.1, -0.05) is 29.2 Å². The molecule has 0 aliphatic carbocycles. The molecule has 6 heteroatoms. The molecule has 1 aromatic heterocycles. The number of benzene rings is 1. The molecular weight excluding hydrogens is 262 g/mol. The molecule has 0 aliphatic rings. The van der Waals surface area contributed by atoms with Gasteiger partial charge in [-0.05, 0) is 24.6 Å². The molecule has 0 bridgehead atoms. The van der Waals surface area contributed by atoms with Crippen LogP contribution in [0.25, 0.3) is 0 Å². The Morgan fingerprint density at radius 2 is 2.37 bits per heavy atom. The minimum absolute atomic E-state index is 0.208. The number of nitrogens with zero attached hydrogens (tertiary/aromatic N) is 2.